The number of hydrogen-bond donors (Lipinski definition) is 0. The molecule has 4 nitrogen and oxygen atoms in total. The van der Waals surface area contributed by atoms with Crippen LogP contribution in [0.15, 0.2) is 118 Å². The van der Waals surface area contributed by atoms with Crippen LogP contribution in [0.25, 0.3) is 0 Å². The molecular formula is C29H25N3OS. The minimum Gasteiger partial charge on any atom is -0.371 e. The van der Waals surface area contributed by atoms with Crippen molar-refractivity contribution in [2.75, 3.05) is 23.1 Å². The summed E-state index contributed by atoms with van der Waals surface area (Å²) in [5, 5.41) is 7.09. The molecule has 0 aliphatic carbocycles. The van der Waals surface area contributed by atoms with Gasteiger partial charge in [-0.05, 0) is 61.0 Å². The maximum atomic E-state index is 5.59. The molecule has 0 spiro atoms. The number of fused-ring (bicyclic) bond motifs is 2. The summed E-state index contributed by atoms with van der Waals surface area (Å²) in [7, 11) is 0. The van der Waals surface area contributed by atoms with E-state index in [0.717, 1.165) is 35.8 Å². The number of epoxide rings is 1. The van der Waals surface area contributed by atoms with E-state index >= 15 is 0 Å². The molecule has 2 aliphatic heterocycles. The second kappa shape index (κ2) is 9.01. The number of hydrazone groups is 1. The fourth-order valence-electron chi connectivity index (χ4n) is 4.24. The standard InChI is InChI=1S/C29H25N3OS/c1-21(30-32(23-10-4-2-5-11-23)24-12-6-3-7-13-24)22-16-17-29-27(18-22)31(19-25-20-33-25)26-14-8-9-15-28(26)34-29/h2-18,25H,19-20H2,1H3/b30-21+. The second-order valence-corrected chi connectivity index (χ2v) is 9.57. The first kappa shape index (κ1) is 21.0. The van der Waals surface area contributed by atoms with Gasteiger partial charge in [0.05, 0.1) is 47.7 Å². The molecule has 0 radical (unpaired) electrons. The van der Waals surface area contributed by atoms with Gasteiger partial charge in [0.1, 0.15) is 0 Å². The third-order valence-corrected chi connectivity index (χ3v) is 7.21. The van der Waals surface area contributed by atoms with Crippen molar-refractivity contribution in [3.63, 3.8) is 0 Å². The number of hydrogen-bond acceptors (Lipinski definition) is 5. The molecule has 1 unspecified atom stereocenters. The van der Waals surface area contributed by atoms with Crippen LogP contribution in [0.4, 0.5) is 22.7 Å². The van der Waals surface area contributed by atoms with Crippen molar-refractivity contribution in [2.24, 2.45) is 5.10 Å². The molecule has 2 heterocycles. The van der Waals surface area contributed by atoms with Crippen molar-refractivity contribution < 1.29 is 4.74 Å². The van der Waals surface area contributed by atoms with E-state index in [1.807, 2.05) is 53.2 Å². The maximum Gasteiger partial charge on any atom is 0.0988 e. The molecule has 0 N–H and O–H groups in total. The highest BCUT2D eigenvalue weighted by molar-refractivity contribution is 7.99. The van der Waals surface area contributed by atoms with Gasteiger partial charge < -0.3 is 9.64 Å². The Kier molecular flexibility index (Phi) is 5.57. The van der Waals surface area contributed by atoms with Crippen LogP contribution in [0.3, 0.4) is 0 Å². The van der Waals surface area contributed by atoms with Crippen molar-refractivity contribution in [3.05, 3.63) is 109 Å². The van der Waals surface area contributed by atoms with Gasteiger partial charge in [-0.2, -0.15) is 5.10 Å². The fraction of sp³-hybridized carbons (Fsp3) is 0.138. The topological polar surface area (TPSA) is 31.4 Å². The predicted octanol–water partition coefficient (Wildman–Crippen LogP) is 7.25. The minimum absolute atomic E-state index is 0.300. The van der Waals surface area contributed by atoms with Crippen LogP contribution in [0.2, 0.25) is 0 Å². The lowest BCUT2D eigenvalue weighted by Gasteiger charge is -2.32. The van der Waals surface area contributed by atoms with Crippen LogP contribution < -0.4 is 9.91 Å². The highest BCUT2D eigenvalue weighted by Crippen LogP contribution is 2.48. The van der Waals surface area contributed by atoms with Gasteiger partial charge >= 0.3 is 0 Å². The lowest BCUT2D eigenvalue weighted by atomic mass is 10.1. The highest BCUT2D eigenvalue weighted by atomic mass is 32.2. The Hall–Kier alpha value is -3.54. The van der Waals surface area contributed by atoms with Crippen molar-refractivity contribution in [3.8, 4) is 0 Å². The van der Waals surface area contributed by atoms with Gasteiger partial charge in [-0.1, -0.05) is 66.4 Å². The molecule has 6 rings (SSSR count). The SMILES string of the molecule is C/C(=N\N(c1ccccc1)c1ccccc1)c1ccc2c(c1)N(CC1CO1)c1ccccc1S2. The summed E-state index contributed by atoms with van der Waals surface area (Å²) < 4.78 is 5.59. The zero-order valence-electron chi connectivity index (χ0n) is 19.0. The molecule has 0 aromatic heterocycles. The number of nitrogens with zero attached hydrogens (tertiary/aromatic N) is 3. The van der Waals surface area contributed by atoms with Crippen molar-refractivity contribution in [2.45, 2.75) is 22.8 Å². The summed E-state index contributed by atoms with van der Waals surface area (Å²) in [6, 6.07) is 35.9. The Labute approximate surface area is 204 Å². The Bertz CT molecular complexity index is 1300. The third-order valence-electron chi connectivity index (χ3n) is 6.08. The Morgan fingerprint density at radius 2 is 1.47 bits per heavy atom. The number of anilines is 4. The Balaban J connectivity index is 1.39. The maximum absolute atomic E-state index is 5.59. The van der Waals surface area contributed by atoms with Crippen LogP contribution in [-0.2, 0) is 4.74 Å². The monoisotopic (exact) mass is 463 g/mol. The zero-order chi connectivity index (χ0) is 22.9. The summed E-state index contributed by atoms with van der Waals surface area (Å²) in [4.78, 5) is 4.95. The summed E-state index contributed by atoms with van der Waals surface area (Å²) in [5.41, 5.74) is 6.60. The average Bonchev–Trinajstić information content (AvgIpc) is 3.72. The Morgan fingerprint density at radius 1 is 0.853 bits per heavy atom. The van der Waals surface area contributed by atoms with Crippen molar-refractivity contribution in [1.82, 2.24) is 0 Å². The van der Waals surface area contributed by atoms with Crippen molar-refractivity contribution >= 4 is 40.2 Å². The van der Waals surface area contributed by atoms with E-state index in [9.17, 15) is 0 Å². The van der Waals surface area contributed by atoms with E-state index in [2.05, 4.69) is 78.6 Å². The van der Waals surface area contributed by atoms with Gasteiger partial charge in [0.25, 0.3) is 0 Å². The summed E-state index contributed by atoms with van der Waals surface area (Å²) in [6.45, 7) is 3.79. The van der Waals surface area contributed by atoms with Gasteiger partial charge in [0.2, 0.25) is 0 Å². The van der Waals surface area contributed by atoms with E-state index in [4.69, 9.17) is 9.84 Å². The number of para-hydroxylation sites is 3. The molecule has 0 bridgehead atoms. The van der Waals surface area contributed by atoms with E-state index in [1.54, 1.807) is 0 Å². The summed E-state index contributed by atoms with van der Waals surface area (Å²) in [5.74, 6) is 0. The highest BCUT2D eigenvalue weighted by Gasteiger charge is 2.31. The van der Waals surface area contributed by atoms with E-state index in [1.165, 1.54) is 21.2 Å². The lowest BCUT2D eigenvalue weighted by molar-refractivity contribution is 0.411. The van der Waals surface area contributed by atoms with Crippen LogP contribution in [-0.4, -0.2) is 25.0 Å². The van der Waals surface area contributed by atoms with Crippen LogP contribution in [0, 0.1) is 0 Å². The molecule has 0 amide bonds. The number of ether oxygens (including phenoxy) is 1. The number of benzene rings is 4. The summed E-state index contributed by atoms with van der Waals surface area (Å²) in [6.07, 6.45) is 0.300. The van der Waals surface area contributed by atoms with E-state index < -0.39 is 0 Å². The van der Waals surface area contributed by atoms with E-state index in [-0.39, 0.29) is 0 Å². The lowest BCUT2D eigenvalue weighted by Crippen LogP contribution is -2.25. The third kappa shape index (κ3) is 4.20. The molecule has 5 heteroatoms. The van der Waals surface area contributed by atoms with Gasteiger partial charge in [-0.15, -0.1) is 0 Å². The van der Waals surface area contributed by atoms with Gasteiger partial charge in [0, 0.05) is 9.79 Å². The van der Waals surface area contributed by atoms with Gasteiger partial charge in [-0.3, -0.25) is 0 Å². The minimum atomic E-state index is 0.300. The smallest absolute Gasteiger partial charge is 0.0988 e. The molecule has 1 atom stereocenters. The molecule has 0 saturated carbocycles. The van der Waals surface area contributed by atoms with Crippen LogP contribution in [0.1, 0.15) is 12.5 Å². The molecule has 4 aromatic rings. The first-order chi connectivity index (χ1) is 16.8. The second-order valence-electron chi connectivity index (χ2n) is 8.49. The van der Waals surface area contributed by atoms with E-state index in [0.29, 0.717) is 6.10 Å². The predicted molar refractivity (Wildman–Crippen MR) is 141 cm³/mol. The molecule has 4 aromatic carbocycles. The average molecular weight is 464 g/mol. The molecule has 34 heavy (non-hydrogen) atoms. The molecule has 1 fully saturated rings. The molecule has 168 valence electrons. The first-order valence-corrected chi connectivity index (χ1v) is 12.3. The first-order valence-electron chi connectivity index (χ1n) is 11.5. The molecular weight excluding hydrogens is 438 g/mol. The molecule has 2 aliphatic rings. The van der Waals surface area contributed by atoms with Gasteiger partial charge in [0.15, 0.2) is 0 Å². The summed E-state index contributed by atoms with van der Waals surface area (Å²) >= 11 is 1.83. The van der Waals surface area contributed by atoms with Crippen molar-refractivity contribution in [1.29, 1.82) is 0 Å². The quantitative estimate of drug-likeness (QED) is 0.171. The molecule has 1 saturated heterocycles. The normalized spacial score (nSPS) is 16.6. The van der Waals surface area contributed by atoms with Crippen LogP contribution in [0.5, 0.6) is 0 Å². The number of rotatable bonds is 6. The fourth-order valence-corrected chi connectivity index (χ4v) is 5.31. The zero-order valence-corrected chi connectivity index (χ0v) is 19.8. The Morgan fingerprint density at radius 3 is 2.15 bits per heavy atom. The van der Waals surface area contributed by atoms with Crippen LogP contribution >= 0.6 is 11.8 Å². The largest absolute Gasteiger partial charge is 0.371 e. The van der Waals surface area contributed by atoms with Gasteiger partial charge in [-0.25, -0.2) is 5.01 Å².